The van der Waals surface area contributed by atoms with Crippen molar-refractivity contribution in [2.45, 2.75) is 374 Å². The number of hydrogen-bond acceptors (Lipinski definition) is 6. The highest BCUT2D eigenvalue weighted by molar-refractivity contribution is 5.71. The van der Waals surface area contributed by atoms with E-state index in [1.165, 1.54) is 225 Å². The molecule has 0 amide bonds. The van der Waals surface area contributed by atoms with E-state index in [-0.39, 0.29) is 31.1 Å². The van der Waals surface area contributed by atoms with Crippen molar-refractivity contribution in [2.75, 3.05) is 13.2 Å². The number of esters is 3. The third-order valence-corrected chi connectivity index (χ3v) is 15.5. The zero-order valence-corrected chi connectivity index (χ0v) is 52.9. The minimum atomic E-state index is -0.780. The van der Waals surface area contributed by atoms with Crippen molar-refractivity contribution in [1.82, 2.24) is 0 Å². The number of carbonyl (C=O) groups excluding carboxylic acids is 3. The molecule has 79 heavy (non-hydrogen) atoms. The van der Waals surface area contributed by atoms with E-state index < -0.39 is 6.10 Å². The summed E-state index contributed by atoms with van der Waals surface area (Å²) in [6, 6.07) is 0. The Hall–Kier alpha value is -2.89. The molecule has 1 atom stereocenters. The first-order chi connectivity index (χ1) is 39.0. The molecule has 0 aliphatic heterocycles. The van der Waals surface area contributed by atoms with Crippen LogP contribution in [-0.2, 0) is 28.6 Å². The summed E-state index contributed by atoms with van der Waals surface area (Å²) in [5.74, 6) is -0.872. The Morgan fingerprint density at radius 2 is 0.494 bits per heavy atom. The third kappa shape index (κ3) is 65.8. The summed E-state index contributed by atoms with van der Waals surface area (Å²) >= 11 is 0. The van der Waals surface area contributed by atoms with Crippen molar-refractivity contribution in [1.29, 1.82) is 0 Å². The molecule has 0 aliphatic carbocycles. The van der Waals surface area contributed by atoms with Crippen LogP contribution in [0.25, 0.3) is 0 Å². The van der Waals surface area contributed by atoms with E-state index in [9.17, 15) is 14.4 Å². The second kappa shape index (κ2) is 67.6. The molecule has 0 rings (SSSR count). The summed E-state index contributed by atoms with van der Waals surface area (Å²) in [6.45, 7) is 6.55. The van der Waals surface area contributed by atoms with E-state index in [1.807, 2.05) is 0 Å². The van der Waals surface area contributed by atoms with Gasteiger partial charge in [-0.3, -0.25) is 14.4 Å². The van der Waals surface area contributed by atoms with Crippen LogP contribution in [0.5, 0.6) is 0 Å². The Balaban J connectivity index is 4.10. The molecule has 0 heterocycles. The van der Waals surface area contributed by atoms with E-state index in [0.717, 1.165) is 103 Å². The largest absolute Gasteiger partial charge is 0.462 e. The molecule has 0 saturated heterocycles. The van der Waals surface area contributed by atoms with Gasteiger partial charge >= 0.3 is 17.9 Å². The van der Waals surface area contributed by atoms with E-state index >= 15 is 0 Å². The van der Waals surface area contributed by atoms with Crippen molar-refractivity contribution in [3.05, 3.63) is 60.8 Å². The second-order valence-electron chi connectivity index (χ2n) is 23.4. The molecule has 1 unspecified atom stereocenters. The maximum atomic E-state index is 12.9. The Morgan fingerprint density at radius 3 is 0.772 bits per heavy atom. The van der Waals surface area contributed by atoms with Gasteiger partial charge in [0, 0.05) is 19.3 Å². The van der Waals surface area contributed by atoms with Gasteiger partial charge in [0.25, 0.3) is 0 Å². The number of ether oxygens (including phenoxy) is 3. The highest BCUT2D eigenvalue weighted by atomic mass is 16.6. The monoisotopic (exact) mass is 1110 g/mol. The standard InChI is InChI=1S/C73H132O6/c1-4-7-10-13-16-19-22-25-27-28-29-30-31-32-33-34-35-36-37-38-39-40-41-42-43-44-46-48-51-54-57-60-63-66-72(75)78-69-70(68-77-71(74)65-62-59-56-53-50-47-24-21-18-15-12-9-6-3)79-73(76)67-64-61-58-55-52-49-45-26-23-20-17-14-11-8-5-2/h8,11,17,20,22,25-26,28-29,45,70H,4-7,9-10,12-16,18-19,21,23-24,27,30-44,46-69H2,1-3H3/b11-8-,20-17-,25-22-,29-28-,45-26-. The first-order valence-electron chi connectivity index (χ1n) is 34.8. The van der Waals surface area contributed by atoms with Gasteiger partial charge in [0.1, 0.15) is 13.2 Å². The van der Waals surface area contributed by atoms with Crippen LogP contribution in [0.1, 0.15) is 367 Å². The Morgan fingerprint density at radius 1 is 0.266 bits per heavy atom. The van der Waals surface area contributed by atoms with Gasteiger partial charge in [0.15, 0.2) is 6.10 Å². The van der Waals surface area contributed by atoms with Crippen LogP contribution in [-0.4, -0.2) is 37.2 Å². The van der Waals surface area contributed by atoms with E-state index in [0.29, 0.717) is 19.3 Å². The van der Waals surface area contributed by atoms with Crippen molar-refractivity contribution >= 4 is 17.9 Å². The van der Waals surface area contributed by atoms with Gasteiger partial charge < -0.3 is 14.2 Å². The van der Waals surface area contributed by atoms with Gasteiger partial charge in [-0.05, 0) is 83.5 Å². The Kier molecular flexibility index (Phi) is 65.1. The third-order valence-electron chi connectivity index (χ3n) is 15.5. The zero-order chi connectivity index (χ0) is 57.1. The molecule has 0 aromatic rings. The lowest BCUT2D eigenvalue weighted by atomic mass is 10.0. The van der Waals surface area contributed by atoms with Gasteiger partial charge in [0.05, 0.1) is 0 Å². The highest BCUT2D eigenvalue weighted by Crippen LogP contribution is 2.18. The summed E-state index contributed by atoms with van der Waals surface area (Å²) in [4.78, 5) is 38.3. The first kappa shape index (κ1) is 76.1. The Labute approximate surface area is 491 Å². The van der Waals surface area contributed by atoms with Crippen LogP contribution in [0.3, 0.4) is 0 Å². The number of unbranched alkanes of at least 4 members (excludes halogenated alkanes) is 43. The molecule has 6 nitrogen and oxygen atoms in total. The van der Waals surface area contributed by atoms with Crippen LogP contribution in [0, 0.1) is 0 Å². The molecular formula is C73H132O6. The fourth-order valence-corrected chi connectivity index (χ4v) is 10.3. The minimum Gasteiger partial charge on any atom is -0.462 e. The van der Waals surface area contributed by atoms with Crippen molar-refractivity contribution in [3.8, 4) is 0 Å². The molecule has 0 aromatic carbocycles. The van der Waals surface area contributed by atoms with Crippen molar-refractivity contribution in [2.24, 2.45) is 0 Å². The predicted octanol–water partition coefficient (Wildman–Crippen LogP) is 23.9. The molecule has 0 aliphatic rings. The fraction of sp³-hybridized carbons (Fsp3) is 0.822. The summed E-state index contributed by atoms with van der Waals surface area (Å²) < 4.78 is 16.9. The molecule has 0 aromatic heterocycles. The summed E-state index contributed by atoms with van der Waals surface area (Å²) in [5.41, 5.74) is 0. The van der Waals surface area contributed by atoms with E-state index in [1.54, 1.807) is 0 Å². The predicted molar refractivity (Wildman–Crippen MR) is 344 cm³/mol. The Bertz CT molecular complexity index is 1410. The maximum Gasteiger partial charge on any atom is 0.306 e. The summed E-state index contributed by atoms with van der Waals surface area (Å²) in [5, 5.41) is 0. The van der Waals surface area contributed by atoms with Gasteiger partial charge in [0.2, 0.25) is 0 Å². The molecule has 0 spiro atoms. The smallest absolute Gasteiger partial charge is 0.306 e. The molecule has 0 fully saturated rings. The molecule has 0 N–H and O–H groups in total. The summed E-state index contributed by atoms with van der Waals surface area (Å²) in [7, 11) is 0. The van der Waals surface area contributed by atoms with Crippen LogP contribution in [0.2, 0.25) is 0 Å². The number of carbonyl (C=O) groups is 3. The van der Waals surface area contributed by atoms with Crippen LogP contribution in [0.15, 0.2) is 60.8 Å². The molecule has 0 bridgehead atoms. The molecule has 6 heteroatoms. The lowest BCUT2D eigenvalue weighted by Crippen LogP contribution is -2.30. The highest BCUT2D eigenvalue weighted by Gasteiger charge is 2.19. The molecule has 0 radical (unpaired) electrons. The maximum absolute atomic E-state index is 12.9. The lowest BCUT2D eigenvalue weighted by molar-refractivity contribution is -0.167. The number of rotatable bonds is 64. The zero-order valence-electron chi connectivity index (χ0n) is 52.9. The van der Waals surface area contributed by atoms with E-state index in [4.69, 9.17) is 14.2 Å². The topological polar surface area (TPSA) is 78.9 Å². The average molecular weight is 1110 g/mol. The van der Waals surface area contributed by atoms with Crippen molar-refractivity contribution in [3.63, 3.8) is 0 Å². The molecular weight excluding hydrogens is 973 g/mol. The van der Waals surface area contributed by atoms with Crippen LogP contribution < -0.4 is 0 Å². The van der Waals surface area contributed by atoms with Crippen molar-refractivity contribution < 1.29 is 28.6 Å². The lowest BCUT2D eigenvalue weighted by Gasteiger charge is -2.18. The first-order valence-corrected chi connectivity index (χ1v) is 34.8. The van der Waals surface area contributed by atoms with Gasteiger partial charge in [-0.1, -0.05) is 326 Å². The van der Waals surface area contributed by atoms with Gasteiger partial charge in [-0.25, -0.2) is 0 Å². The summed E-state index contributed by atoms with van der Waals surface area (Å²) in [6.07, 6.45) is 86.9. The average Bonchev–Trinajstić information content (AvgIpc) is 3.45. The molecule has 0 saturated carbocycles. The minimum absolute atomic E-state index is 0.0763. The molecule has 460 valence electrons. The van der Waals surface area contributed by atoms with Crippen LogP contribution >= 0.6 is 0 Å². The second-order valence-corrected chi connectivity index (χ2v) is 23.4. The number of allylic oxidation sites excluding steroid dienone is 10. The van der Waals surface area contributed by atoms with Gasteiger partial charge in [-0.15, -0.1) is 0 Å². The van der Waals surface area contributed by atoms with E-state index in [2.05, 4.69) is 81.5 Å². The fourth-order valence-electron chi connectivity index (χ4n) is 10.3. The number of hydrogen-bond donors (Lipinski definition) is 0. The van der Waals surface area contributed by atoms with Gasteiger partial charge in [-0.2, -0.15) is 0 Å². The SMILES string of the molecule is CC/C=C\C/C=C\C/C=C\CCCCCCCC(=O)OC(COC(=O)CCCCCCCCCCCCCCC)COC(=O)CCCCCCCCCCCCCCCCCCCCCCC/C=C\C/C=C\CCCCCCC. The normalized spacial score (nSPS) is 12.4. The quantitative estimate of drug-likeness (QED) is 0.0261. The van der Waals surface area contributed by atoms with Crippen LogP contribution in [0.4, 0.5) is 0 Å².